The molecule has 1 aromatic heterocycles. The van der Waals surface area contributed by atoms with Crippen LogP contribution in [0.25, 0.3) is 0 Å². The molecule has 2 heterocycles. The molecule has 1 aliphatic rings. The van der Waals surface area contributed by atoms with Crippen LogP contribution in [0.1, 0.15) is 32.4 Å². The van der Waals surface area contributed by atoms with E-state index in [0.29, 0.717) is 19.6 Å². The highest BCUT2D eigenvalue weighted by molar-refractivity contribution is 5.68. The van der Waals surface area contributed by atoms with Crippen molar-refractivity contribution in [1.82, 2.24) is 14.8 Å². The van der Waals surface area contributed by atoms with Crippen molar-refractivity contribution in [2.75, 3.05) is 13.1 Å². The molecule has 1 aromatic carbocycles. The first kappa shape index (κ1) is 19.4. The van der Waals surface area contributed by atoms with Gasteiger partial charge in [0.05, 0.1) is 12.1 Å². The van der Waals surface area contributed by atoms with E-state index in [0.717, 1.165) is 18.0 Å². The SMILES string of the molecule is CC(C)(C)OC(=O)N[C@@H]1CN(Cc2ccccc2)C[C@H]1n1cc(F)c(F)c1. The smallest absolute Gasteiger partial charge is 0.407 e. The van der Waals surface area contributed by atoms with Crippen LogP contribution in [0, 0.1) is 11.6 Å². The summed E-state index contributed by atoms with van der Waals surface area (Å²) in [6.07, 6.45) is 1.73. The van der Waals surface area contributed by atoms with Gasteiger partial charge in [0.25, 0.3) is 0 Å². The highest BCUT2D eigenvalue weighted by Crippen LogP contribution is 2.26. The van der Waals surface area contributed by atoms with Gasteiger partial charge in [-0.3, -0.25) is 4.90 Å². The van der Waals surface area contributed by atoms with E-state index in [1.807, 2.05) is 30.3 Å². The fourth-order valence-corrected chi connectivity index (χ4v) is 3.35. The second-order valence-corrected chi connectivity index (χ2v) is 7.90. The molecule has 0 unspecified atom stereocenters. The Morgan fingerprint density at radius 2 is 1.78 bits per heavy atom. The number of rotatable bonds is 4. The molecule has 0 saturated carbocycles. The highest BCUT2D eigenvalue weighted by Gasteiger charge is 2.36. The lowest BCUT2D eigenvalue weighted by molar-refractivity contribution is 0.0497. The number of aromatic nitrogens is 1. The number of carbonyl (C=O) groups is 1. The van der Waals surface area contributed by atoms with Gasteiger partial charge < -0.3 is 14.6 Å². The minimum absolute atomic E-state index is 0.291. The van der Waals surface area contributed by atoms with E-state index < -0.39 is 23.3 Å². The van der Waals surface area contributed by atoms with E-state index >= 15 is 0 Å². The second kappa shape index (κ2) is 7.68. The number of halogens is 2. The first-order chi connectivity index (χ1) is 12.7. The van der Waals surface area contributed by atoms with Gasteiger partial charge in [-0.1, -0.05) is 30.3 Å². The molecule has 27 heavy (non-hydrogen) atoms. The quantitative estimate of drug-likeness (QED) is 0.883. The van der Waals surface area contributed by atoms with Crippen molar-refractivity contribution < 1.29 is 18.3 Å². The van der Waals surface area contributed by atoms with Gasteiger partial charge >= 0.3 is 6.09 Å². The molecule has 1 fully saturated rings. The molecule has 7 heteroatoms. The fraction of sp³-hybridized carbons (Fsp3) is 0.450. The molecular weight excluding hydrogens is 352 g/mol. The van der Waals surface area contributed by atoms with Crippen molar-refractivity contribution in [3.05, 3.63) is 59.9 Å². The van der Waals surface area contributed by atoms with Gasteiger partial charge in [-0.25, -0.2) is 13.6 Å². The Labute approximate surface area is 157 Å². The average Bonchev–Trinajstić information content (AvgIpc) is 3.10. The van der Waals surface area contributed by atoms with Crippen LogP contribution in [0.4, 0.5) is 13.6 Å². The lowest BCUT2D eigenvalue weighted by Crippen LogP contribution is -2.43. The molecule has 2 atom stereocenters. The second-order valence-electron chi connectivity index (χ2n) is 7.90. The molecule has 5 nitrogen and oxygen atoms in total. The summed E-state index contributed by atoms with van der Waals surface area (Å²) in [5.41, 5.74) is 0.521. The molecule has 0 bridgehead atoms. The molecule has 1 amide bonds. The fourth-order valence-electron chi connectivity index (χ4n) is 3.35. The van der Waals surface area contributed by atoms with Crippen LogP contribution in [0.2, 0.25) is 0 Å². The predicted octanol–water partition coefficient (Wildman–Crippen LogP) is 3.72. The maximum atomic E-state index is 13.5. The zero-order chi connectivity index (χ0) is 19.6. The van der Waals surface area contributed by atoms with Crippen molar-refractivity contribution >= 4 is 6.09 Å². The number of amides is 1. The maximum Gasteiger partial charge on any atom is 0.407 e. The third-order valence-electron chi connectivity index (χ3n) is 4.45. The summed E-state index contributed by atoms with van der Waals surface area (Å²) < 4.78 is 33.9. The Hall–Kier alpha value is -2.41. The van der Waals surface area contributed by atoms with Crippen LogP contribution in [0.3, 0.4) is 0 Å². The van der Waals surface area contributed by atoms with Crippen molar-refractivity contribution in [3.8, 4) is 0 Å². The van der Waals surface area contributed by atoms with E-state index in [4.69, 9.17) is 4.74 Å². The zero-order valence-electron chi connectivity index (χ0n) is 15.8. The third-order valence-corrected chi connectivity index (χ3v) is 4.45. The van der Waals surface area contributed by atoms with Crippen molar-refractivity contribution in [2.45, 2.75) is 45.0 Å². The molecular formula is C20H25F2N3O2. The van der Waals surface area contributed by atoms with Gasteiger partial charge in [-0.05, 0) is 26.3 Å². The lowest BCUT2D eigenvalue weighted by Gasteiger charge is -2.24. The predicted molar refractivity (Wildman–Crippen MR) is 98.3 cm³/mol. The summed E-state index contributed by atoms with van der Waals surface area (Å²) >= 11 is 0. The number of hydrogen-bond donors (Lipinski definition) is 1. The van der Waals surface area contributed by atoms with Crippen LogP contribution in [-0.4, -0.2) is 40.3 Å². The van der Waals surface area contributed by atoms with Crippen LogP contribution < -0.4 is 5.32 Å². The number of likely N-dealkylation sites (tertiary alicyclic amines) is 1. The van der Waals surface area contributed by atoms with Gasteiger partial charge in [-0.15, -0.1) is 0 Å². The molecule has 1 N–H and O–H groups in total. The van der Waals surface area contributed by atoms with E-state index in [1.165, 1.54) is 4.57 Å². The van der Waals surface area contributed by atoms with Gasteiger partial charge in [-0.2, -0.15) is 0 Å². The lowest BCUT2D eigenvalue weighted by atomic mass is 10.1. The van der Waals surface area contributed by atoms with Gasteiger partial charge in [0.1, 0.15) is 5.60 Å². The van der Waals surface area contributed by atoms with E-state index in [9.17, 15) is 13.6 Å². The molecule has 146 valence electrons. The molecule has 0 spiro atoms. The van der Waals surface area contributed by atoms with Gasteiger partial charge in [0.15, 0.2) is 11.6 Å². The van der Waals surface area contributed by atoms with E-state index in [-0.39, 0.29) is 12.1 Å². The number of ether oxygens (including phenoxy) is 1. The number of benzene rings is 1. The van der Waals surface area contributed by atoms with Crippen LogP contribution in [-0.2, 0) is 11.3 Å². The van der Waals surface area contributed by atoms with Crippen molar-refractivity contribution in [3.63, 3.8) is 0 Å². The Bertz CT molecular complexity index is 767. The highest BCUT2D eigenvalue weighted by atomic mass is 19.2. The van der Waals surface area contributed by atoms with E-state index in [2.05, 4.69) is 10.2 Å². The van der Waals surface area contributed by atoms with E-state index in [1.54, 1.807) is 20.8 Å². The first-order valence-corrected chi connectivity index (χ1v) is 8.99. The van der Waals surface area contributed by atoms with Crippen LogP contribution in [0.15, 0.2) is 42.7 Å². The Morgan fingerprint density at radius 3 is 2.37 bits per heavy atom. The maximum absolute atomic E-state index is 13.5. The number of hydrogen-bond acceptors (Lipinski definition) is 3. The number of nitrogens with zero attached hydrogens (tertiary/aromatic N) is 2. The monoisotopic (exact) mass is 377 g/mol. The largest absolute Gasteiger partial charge is 0.444 e. The van der Waals surface area contributed by atoms with Crippen molar-refractivity contribution in [2.24, 2.45) is 0 Å². The van der Waals surface area contributed by atoms with Crippen molar-refractivity contribution in [1.29, 1.82) is 0 Å². The number of carbonyl (C=O) groups excluding carboxylic acids is 1. The molecule has 0 radical (unpaired) electrons. The summed E-state index contributed by atoms with van der Waals surface area (Å²) in [6.45, 7) is 7.17. The molecule has 1 saturated heterocycles. The first-order valence-electron chi connectivity index (χ1n) is 8.99. The van der Waals surface area contributed by atoms with Crippen LogP contribution >= 0.6 is 0 Å². The minimum Gasteiger partial charge on any atom is -0.444 e. The summed E-state index contributed by atoms with van der Waals surface area (Å²) in [5.74, 6) is -1.79. The minimum atomic E-state index is -0.896. The molecule has 2 aromatic rings. The topological polar surface area (TPSA) is 46.5 Å². The summed E-state index contributed by atoms with van der Waals surface area (Å²) in [6, 6.07) is 9.33. The van der Waals surface area contributed by atoms with Gasteiger partial charge in [0.2, 0.25) is 0 Å². The number of nitrogens with one attached hydrogen (secondary N) is 1. The molecule has 1 aliphatic heterocycles. The molecule has 0 aliphatic carbocycles. The number of alkyl carbamates (subject to hydrolysis) is 1. The van der Waals surface area contributed by atoms with Crippen LogP contribution in [0.5, 0.6) is 0 Å². The molecule has 3 rings (SSSR count). The summed E-state index contributed by atoms with van der Waals surface area (Å²) in [7, 11) is 0. The van der Waals surface area contributed by atoms with Gasteiger partial charge in [0, 0.05) is 32.0 Å². The normalized spacial score (nSPS) is 20.6. The Kier molecular flexibility index (Phi) is 5.51. The zero-order valence-corrected chi connectivity index (χ0v) is 15.8. The third kappa shape index (κ3) is 5.07. The average molecular weight is 377 g/mol. The Balaban J connectivity index is 1.75. The summed E-state index contributed by atoms with van der Waals surface area (Å²) in [4.78, 5) is 14.4. The Morgan fingerprint density at radius 1 is 1.15 bits per heavy atom. The standard InChI is InChI=1S/C20H25F2N3O2/c1-20(2,3)27-19(26)23-17-12-24(9-14-7-5-4-6-8-14)13-18(17)25-10-15(21)16(22)11-25/h4-8,10-11,17-18H,9,12-13H2,1-3H3,(H,23,26)/t17-,18-/m1/s1. The summed E-state index contributed by atoms with van der Waals surface area (Å²) in [5, 5.41) is 2.86.